The van der Waals surface area contributed by atoms with Gasteiger partial charge in [0.15, 0.2) is 5.17 Å². The van der Waals surface area contributed by atoms with Crippen LogP contribution in [-0.2, 0) is 5.54 Å². The van der Waals surface area contributed by atoms with E-state index in [9.17, 15) is 5.11 Å². The Hall–Kier alpha value is -2.40. The molecule has 0 unspecified atom stereocenters. The number of phenols is 1. The van der Waals surface area contributed by atoms with E-state index in [1.165, 1.54) is 0 Å². The first-order valence-electron chi connectivity index (χ1n) is 9.58. The zero-order chi connectivity index (χ0) is 19.8. The number of hydrogen-bond acceptors (Lipinski definition) is 5. The second kappa shape index (κ2) is 7.21. The number of nitrogens with one attached hydrogen (secondary N) is 1. The van der Waals surface area contributed by atoms with Gasteiger partial charge in [-0.3, -0.25) is 4.99 Å². The van der Waals surface area contributed by atoms with Crippen molar-refractivity contribution < 1.29 is 9.84 Å². The maximum absolute atomic E-state index is 10.1. The Morgan fingerprint density at radius 3 is 2.82 bits per heavy atom. The minimum absolute atomic E-state index is 0.112. The van der Waals surface area contributed by atoms with Crippen LogP contribution in [0.1, 0.15) is 43.9 Å². The summed E-state index contributed by atoms with van der Waals surface area (Å²) in [5.41, 5.74) is 1.66. The lowest BCUT2D eigenvalue weighted by molar-refractivity contribution is 0.103. The van der Waals surface area contributed by atoms with Crippen LogP contribution in [0.2, 0.25) is 0 Å². The maximum Gasteiger partial charge on any atom is 0.158 e. The van der Waals surface area contributed by atoms with E-state index in [0.717, 1.165) is 40.6 Å². The van der Waals surface area contributed by atoms with Gasteiger partial charge in [0.25, 0.3) is 0 Å². The zero-order valence-electron chi connectivity index (χ0n) is 16.3. The van der Waals surface area contributed by atoms with E-state index in [0.29, 0.717) is 0 Å². The molecule has 2 atom stereocenters. The van der Waals surface area contributed by atoms with Crippen LogP contribution in [0.4, 0.5) is 0 Å². The average Bonchev–Trinajstić information content (AvgIpc) is 2.65. The molecule has 5 heteroatoms. The predicted molar refractivity (Wildman–Crippen MR) is 116 cm³/mol. The molecule has 0 amide bonds. The van der Waals surface area contributed by atoms with E-state index >= 15 is 0 Å². The molecule has 2 aromatic rings. The molecule has 0 saturated heterocycles. The van der Waals surface area contributed by atoms with E-state index in [1.807, 2.05) is 30.3 Å². The Labute approximate surface area is 170 Å². The summed E-state index contributed by atoms with van der Waals surface area (Å²) in [6, 6.07) is 15.7. The Balaban J connectivity index is 1.84. The predicted octanol–water partition coefficient (Wildman–Crippen LogP) is 5.16. The molecule has 2 heterocycles. The molecule has 0 aromatic heterocycles. The standard InChI is InChI=1S/C23H26N2O2S/c1-4-12-28-21-24-22(2,3)15-23(25-21)14-20(16-8-6-5-7-9-16)27-19-13-17(26)10-11-18(19)23/h4-11,13,20,26H,1,12,14-15H2,2-3H3,(H,24,25)/t20-,23-/m1/s1. The summed E-state index contributed by atoms with van der Waals surface area (Å²) in [6.45, 7) is 8.26. The molecule has 0 aliphatic carbocycles. The fourth-order valence-corrected chi connectivity index (χ4v) is 5.13. The summed E-state index contributed by atoms with van der Waals surface area (Å²) >= 11 is 1.67. The smallest absolute Gasteiger partial charge is 0.158 e. The number of aliphatic imine (C=N–C) groups is 1. The van der Waals surface area contributed by atoms with Crippen molar-refractivity contribution in [1.29, 1.82) is 0 Å². The van der Waals surface area contributed by atoms with Gasteiger partial charge in [0.2, 0.25) is 0 Å². The molecule has 0 bridgehead atoms. The molecule has 2 aromatic carbocycles. The van der Waals surface area contributed by atoms with Crippen LogP contribution < -0.4 is 10.1 Å². The number of hydrogen-bond donors (Lipinski definition) is 2. The monoisotopic (exact) mass is 394 g/mol. The summed E-state index contributed by atoms with van der Waals surface area (Å²) in [4.78, 5) is 5.21. The second-order valence-electron chi connectivity index (χ2n) is 8.14. The lowest BCUT2D eigenvalue weighted by Gasteiger charge is -2.47. The maximum atomic E-state index is 10.1. The van der Waals surface area contributed by atoms with Crippen LogP contribution in [0.3, 0.4) is 0 Å². The van der Waals surface area contributed by atoms with Crippen molar-refractivity contribution in [3.8, 4) is 11.5 Å². The number of benzene rings is 2. The topological polar surface area (TPSA) is 53.9 Å². The van der Waals surface area contributed by atoms with Gasteiger partial charge in [0.1, 0.15) is 17.6 Å². The molecule has 28 heavy (non-hydrogen) atoms. The molecule has 2 aliphatic heterocycles. The van der Waals surface area contributed by atoms with Crippen molar-refractivity contribution >= 4 is 16.9 Å². The quantitative estimate of drug-likeness (QED) is 0.706. The molecule has 4 rings (SSSR count). The van der Waals surface area contributed by atoms with E-state index in [1.54, 1.807) is 23.9 Å². The first kappa shape index (κ1) is 18.9. The third-order valence-corrected chi connectivity index (χ3v) is 6.13. The molecule has 2 aliphatic rings. The number of rotatable bonds is 3. The highest BCUT2D eigenvalue weighted by molar-refractivity contribution is 8.13. The number of phenolic OH excluding ortho intramolecular Hbond substituents is 1. The van der Waals surface area contributed by atoms with Crippen LogP contribution >= 0.6 is 11.8 Å². The second-order valence-corrected chi connectivity index (χ2v) is 9.14. The number of ether oxygens (including phenoxy) is 1. The molecule has 0 radical (unpaired) electrons. The normalized spacial score (nSPS) is 25.2. The van der Waals surface area contributed by atoms with Crippen molar-refractivity contribution in [3.05, 3.63) is 72.3 Å². The number of nitrogens with zero attached hydrogens (tertiary/aromatic N) is 1. The molecule has 0 fully saturated rings. The highest BCUT2D eigenvalue weighted by Crippen LogP contribution is 2.52. The van der Waals surface area contributed by atoms with Gasteiger partial charge in [-0.15, -0.1) is 6.58 Å². The minimum Gasteiger partial charge on any atom is -0.508 e. The van der Waals surface area contributed by atoms with E-state index < -0.39 is 5.54 Å². The van der Waals surface area contributed by atoms with Gasteiger partial charge >= 0.3 is 0 Å². The summed E-state index contributed by atoms with van der Waals surface area (Å²) in [6.07, 6.45) is 3.39. The van der Waals surface area contributed by atoms with Gasteiger partial charge in [0, 0.05) is 29.3 Å². The average molecular weight is 395 g/mol. The van der Waals surface area contributed by atoms with E-state index in [-0.39, 0.29) is 17.4 Å². The third-order valence-electron chi connectivity index (χ3n) is 5.26. The Morgan fingerprint density at radius 2 is 2.07 bits per heavy atom. The van der Waals surface area contributed by atoms with Crippen molar-refractivity contribution in [2.75, 3.05) is 5.75 Å². The molecule has 146 valence electrons. The fourth-order valence-electron chi connectivity index (χ4n) is 4.26. The molecule has 1 spiro atoms. The first-order valence-corrected chi connectivity index (χ1v) is 10.6. The summed E-state index contributed by atoms with van der Waals surface area (Å²) in [5, 5.41) is 14.6. The van der Waals surface area contributed by atoms with Crippen LogP contribution in [-0.4, -0.2) is 21.6 Å². The molecular formula is C23H26N2O2S. The highest BCUT2D eigenvalue weighted by Gasteiger charge is 2.48. The zero-order valence-corrected chi connectivity index (χ0v) is 17.1. The molecule has 2 N–H and O–H groups in total. The SMILES string of the molecule is C=CCSC1=N[C@]2(C[C@H](c3ccccc3)Oc3cc(O)ccc32)CC(C)(C)N1. The molecular weight excluding hydrogens is 368 g/mol. The summed E-state index contributed by atoms with van der Waals surface area (Å²) < 4.78 is 6.34. The van der Waals surface area contributed by atoms with Gasteiger partial charge in [-0.2, -0.15) is 0 Å². The summed E-state index contributed by atoms with van der Waals surface area (Å²) in [5.74, 6) is 1.73. The van der Waals surface area contributed by atoms with E-state index in [4.69, 9.17) is 9.73 Å². The summed E-state index contributed by atoms with van der Waals surface area (Å²) in [7, 11) is 0. The number of thioether (sulfide) groups is 1. The van der Waals surface area contributed by atoms with Gasteiger partial charge < -0.3 is 15.2 Å². The van der Waals surface area contributed by atoms with Crippen molar-refractivity contribution in [2.24, 2.45) is 4.99 Å². The largest absolute Gasteiger partial charge is 0.508 e. The van der Waals surface area contributed by atoms with Gasteiger partial charge in [-0.25, -0.2) is 0 Å². The Morgan fingerprint density at radius 1 is 1.29 bits per heavy atom. The third kappa shape index (κ3) is 3.63. The van der Waals surface area contributed by atoms with Crippen molar-refractivity contribution in [1.82, 2.24) is 5.32 Å². The number of fused-ring (bicyclic) bond motifs is 2. The van der Waals surface area contributed by atoms with Gasteiger partial charge in [0.05, 0.1) is 5.54 Å². The van der Waals surface area contributed by atoms with Crippen LogP contribution in [0.5, 0.6) is 11.5 Å². The van der Waals surface area contributed by atoms with Crippen molar-refractivity contribution in [2.45, 2.75) is 43.9 Å². The lowest BCUT2D eigenvalue weighted by Crippen LogP contribution is -2.53. The lowest BCUT2D eigenvalue weighted by atomic mass is 9.72. The van der Waals surface area contributed by atoms with Crippen molar-refractivity contribution in [3.63, 3.8) is 0 Å². The molecule has 4 nitrogen and oxygen atoms in total. The number of aromatic hydroxyl groups is 1. The van der Waals surface area contributed by atoms with Crippen LogP contribution in [0.15, 0.2) is 66.2 Å². The Bertz CT molecular complexity index is 910. The minimum atomic E-state index is -0.403. The van der Waals surface area contributed by atoms with Crippen LogP contribution in [0, 0.1) is 0 Å². The van der Waals surface area contributed by atoms with Crippen LogP contribution in [0.25, 0.3) is 0 Å². The number of amidine groups is 1. The van der Waals surface area contributed by atoms with Gasteiger partial charge in [-0.1, -0.05) is 48.2 Å². The first-order chi connectivity index (χ1) is 13.4. The highest BCUT2D eigenvalue weighted by atomic mass is 32.2. The Kier molecular flexibility index (Phi) is 4.88. The van der Waals surface area contributed by atoms with Gasteiger partial charge in [-0.05, 0) is 38.0 Å². The molecule has 0 saturated carbocycles. The fraction of sp³-hybridized carbons (Fsp3) is 0.348. The van der Waals surface area contributed by atoms with E-state index in [2.05, 4.69) is 37.9 Å².